The van der Waals surface area contributed by atoms with Crippen molar-refractivity contribution in [2.24, 2.45) is 0 Å². The van der Waals surface area contributed by atoms with Crippen LogP contribution in [0.2, 0.25) is 0 Å². The molecule has 2 nitrogen and oxygen atoms in total. The van der Waals surface area contributed by atoms with Gasteiger partial charge in [-0.3, -0.25) is 0 Å². The third kappa shape index (κ3) is 3.18. The predicted molar refractivity (Wildman–Crippen MR) is 82.1 cm³/mol. The summed E-state index contributed by atoms with van der Waals surface area (Å²) < 4.78 is 13.1. The summed E-state index contributed by atoms with van der Waals surface area (Å²) in [6.45, 7) is 7.98. The number of halogens is 1. The molecule has 0 radical (unpaired) electrons. The van der Waals surface area contributed by atoms with Crippen LogP contribution in [0.15, 0.2) is 66.7 Å². The minimum atomic E-state index is -0.229. The molecule has 3 heteroatoms. The molecule has 1 aromatic carbocycles. The van der Waals surface area contributed by atoms with E-state index in [9.17, 15) is 4.39 Å². The van der Waals surface area contributed by atoms with E-state index in [2.05, 4.69) is 17.2 Å². The van der Waals surface area contributed by atoms with Gasteiger partial charge in [0.1, 0.15) is 5.82 Å². The number of dihydropyridines is 1. The number of hydrogen-bond acceptors (Lipinski definition) is 2. The average Bonchev–Trinajstić information content (AvgIpc) is 2.42. The predicted octanol–water partition coefficient (Wildman–Crippen LogP) is 3.72. The summed E-state index contributed by atoms with van der Waals surface area (Å²) in [5.74, 6) is -0.229. The van der Waals surface area contributed by atoms with E-state index >= 15 is 0 Å². The molecular weight excluding hydrogens is 251 g/mol. The van der Waals surface area contributed by atoms with E-state index in [0.717, 1.165) is 22.4 Å². The van der Waals surface area contributed by atoms with Gasteiger partial charge in [-0.15, -0.1) is 0 Å². The zero-order valence-corrected chi connectivity index (χ0v) is 11.8. The number of hydrogen-bond donors (Lipinski definition) is 2. The van der Waals surface area contributed by atoms with E-state index in [1.54, 1.807) is 12.1 Å². The van der Waals surface area contributed by atoms with Crippen molar-refractivity contribution in [2.75, 3.05) is 0 Å². The van der Waals surface area contributed by atoms with Crippen LogP contribution in [0.3, 0.4) is 0 Å². The smallest absolute Gasteiger partial charge is 0.123 e. The SMILES string of the molecule is C=C(/C=C\C)NC1C(C)=CNC=C1c1ccc(F)cc1. The van der Waals surface area contributed by atoms with Gasteiger partial charge >= 0.3 is 0 Å². The van der Waals surface area contributed by atoms with Gasteiger partial charge in [-0.05, 0) is 43.2 Å². The number of nitrogens with one attached hydrogen (secondary N) is 2. The van der Waals surface area contributed by atoms with Gasteiger partial charge in [0.25, 0.3) is 0 Å². The molecule has 1 heterocycles. The molecular formula is C17H19FN2. The quantitative estimate of drug-likeness (QED) is 0.815. The lowest BCUT2D eigenvalue weighted by Crippen LogP contribution is -2.33. The number of rotatable bonds is 4. The second kappa shape index (κ2) is 6.24. The van der Waals surface area contributed by atoms with Crippen molar-refractivity contribution in [3.05, 3.63) is 78.0 Å². The lowest BCUT2D eigenvalue weighted by atomic mass is 9.92. The Bertz CT molecular complexity index is 580. The molecule has 2 N–H and O–H groups in total. The Morgan fingerprint density at radius 1 is 1.30 bits per heavy atom. The third-order valence-electron chi connectivity index (χ3n) is 3.19. The fourth-order valence-corrected chi connectivity index (χ4v) is 2.19. The van der Waals surface area contributed by atoms with E-state index in [0.29, 0.717) is 0 Å². The Kier molecular flexibility index (Phi) is 4.41. The van der Waals surface area contributed by atoms with Crippen LogP contribution in [0.25, 0.3) is 5.57 Å². The maximum Gasteiger partial charge on any atom is 0.123 e. The molecule has 0 amide bonds. The first-order valence-corrected chi connectivity index (χ1v) is 6.58. The van der Waals surface area contributed by atoms with Gasteiger partial charge in [-0.25, -0.2) is 4.39 Å². The monoisotopic (exact) mass is 270 g/mol. The summed E-state index contributed by atoms with van der Waals surface area (Å²) >= 11 is 0. The fourth-order valence-electron chi connectivity index (χ4n) is 2.19. The summed E-state index contributed by atoms with van der Waals surface area (Å²) in [6, 6.07) is 6.55. The molecule has 20 heavy (non-hydrogen) atoms. The highest BCUT2D eigenvalue weighted by atomic mass is 19.1. The van der Waals surface area contributed by atoms with Gasteiger partial charge in [0.15, 0.2) is 0 Å². The standard InChI is InChI=1S/C17H19FN2/c1-4-5-13(3)20-17-12(2)10-19-11-16(17)14-6-8-15(18)9-7-14/h4-11,17,19-20H,3H2,1-2H3/b5-4-. The maximum atomic E-state index is 13.1. The molecule has 1 aliphatic rings. The van der Waals surface area contributed by atoms with Crippen molar-refractivity contribution in [1.29, 1.82) is 0 Å². The van der Waals surface area contributed by atoms with Gasteiger partial charge in [-0.1, -0.05) is 24.8 Å². The van der Waals surface area contributed by atoms with Crippen molar-refractivity contribution in [2.45, 2.75) is 19.9 Å². The Hall–Kier alpha value is -2.29. The summed E-state index contributed by atoms with van der Waals surface area (Å²) in [4.78, 5) is 0. The summed E-state index contributed by atoms with van der Waals surface area (Å²) in [5.41, 5.74) is 4.05. The van der Waals surface area contributed by atoms with Crippen LogP contribution < -0.4 is 10.6 Å². The van der Waals surface area contributed by atoms with Crippen LogP contribution in [-0.4, -0.2) is 6.04 Å². The van der Waals surface area contributed by atoms with E-state index in [-0.39, 0.29) is 11.9 Å². The van der Waals surface area contributed by atoms with E-state index in [4.69, 9.17) is 0 Å². The third-order valence-corrected chi connectivity index (χ3v) is 3.19. The van der Waals surface area contributed by atoms with Gasteiger partial charge < -0.3 is 10.6 Å². The first-order chi connectivity index (χ1) is 9.61. The molecule has 0 bridgehead atoms. The van der Waals surface area contributed by atoms with Crippen LogP contribution in [-0.2, 0) is 0 Å². The first kappa shape index (κ1) is 14.1. The number of benzene rings is 1. The van der Waals surface area contributed by atoms with E-state index in [1.807, 2.05) is 38.4 Å². The minimum absolute atomic E-state index is 0.0328. The molecule has 1 aromatic rings. The lowest BCUT2D eigenvalue weighted by Gasteiger charge is -2.27. The van der Waals surface area contributed by atoms with Crippen molar-refractivity contribution in [3.63, 3.8) is 0 Å². The minimum Gasteiger partial charge on any atom is -0.375 e. The highest BCUT2D eigenvalue weighted by molar-refractivity contribution is 5.73. The molecule has 0 aromatic heterocycles. The van der Waals surface area contributed by atoms with Crippen molar-refractivity contribution < 1.29 is 4.39 Å². The summed E-state index contributed by atoms with van der Waals surface area (Å²) in [6.07, 6.45) is 7.75. The molecule has 0 saturated heterocycles. The molecule has 0 aliphatic carbocycles. The zero-order chi connectivity index (χ0) is 14.5. The topological polar surface area (TPSA) is 24.1 Å². The molecule has 0 spiro atoms. The number of allylic oxidation sites excluding steroid dienone is 2. The van der Waals surface area contributed by atoms with Crippen LogP contribution in [0.5, 0.6) is 0 Å². The van der Waals surface area contributed by atoms with Crippen molar-refractivity contribution in [1.82, 2.24) is 10.6 Å². The molecule has 0 saturated carbocycles. The molecule has 0 fully saturated rings. The summed E-state index contributed by atoms with van der Waals surface area (Å²) in [7, 11) is 0. The van der Waals surface area contributed by atoms with Crippen molar-refractivity contribution in [3.8, 4) is 0 Å². The van der Waals surface area contributed by atoms with Gasteiger partial charge in [0.05, 0.1) is 6.04 Å². The highest BCUT2D eigenvalue weighted by Gasteiger charge is 2.20. The highest BCUT2D eigenvalue weighted by Crippen LogP contribution is 2.25. The molecule has 1 aliphatic heterocycles. The second-order valence-corrected chi connectivity index (χ2v) is 4.76. The van der Waals surface area contributed by atoms with Crippen LogP contribution in [0.4, 0.5) is 4.39 Å². The van der Waals surface area contributed by atoms with Crippen LogP contribution in [0.1, 0.15) is 19.4 Å². The fraction of sp³-hybridized carbons (Fsp3) is 0.176. The van der Waals surface area contributed by atoms with Gasteiger partial charge in [0, 0.05) is 23.7 Å². The molecule has 104 valence electrons. The van der Waals surface area contributed by atoms with Crippen molar-refractivity contribution >= 4 is 5.57 Å². The Balaban J connectivity index is 2.27. The molecule has 2 rings (SSSR count). The Labute approximate surface area is 119 Å². The maximum absolute atomic E-state index is 13.1. The Morgan fingerprint density at radius 2 is 2.00 bits per heavy atom. The van der Waals surface area contributed by atoms with Crippen LogP contribution in [0, 0.1) is 5.82 Å². The molecule has 1 unspecified atom stereocenters. The lowest BCUT2D eigenvalue weighted by molar-refractivity contribution is 0.627. The zero-order valence-electron chi connectivity index (χ0n) is 11.8. The summed E-state index contributed by atoms with van der Waals surface area (Å²) in [5, 5.41) is 6.51. The second-order valence-electron chi connectivity index (χ2n) is 4.76. The molecule has 1 atom stereocenters. The van der Waals surface area contributed by atoms with E-state index in [1.165, 1.54) is 12.1 Å². The largest absolute Gasteiger partial charge is 0.375 e. The van der Waals surface area contributed by atoms with Crippen LogP contribution >= 0.6 is 0 Å². The van der Waals surface area contributed by atoms with Gasteiger partial charge in [0.2, 0.25) is 0 Å². The normalized spacial score (nSPS) is 18.2. The van der Waals surface area contributed by atoms with Gasteiger partial charge in [-0.2, -0.15) is 0 Å². The first-order valence-electron chi connectivity index (χ1n) is 6.58. The Morgan fingerprint density at radius 3 is 2.65 bits per heavy atom. The van der Waals surface area contributed by atoms with E-state index < -0.39 is 0 Å². The average molecular weight is 270 g/mol.